The molecule has 0 spiro atoms. The number of rotatable bonds is 5. The fraction of sp³-hybridized carbons (Fsp3) is 0.190. The molecule has 0 radical (unpaired) electrons. The summed E-state index contributed by atoms with van der Waals surface area (Å²) in [5.41, 5.74) is 4.22. The number of aryl methyl sites for hydroxylation is 3. The van der Waals surface area contributed by atoms with Crippen LogP contribution in [-0.4, -0.2) is 16.9 Å². The largest absolute Gasteiger partial charge is 0.325 e. The van der Waals surface area contributed by atoms with E-state index < -0.39 is 6.03 Å². The average molecular weight is 395 g/mol. The lowest BCUT2D eigenvalue weighted by Gasteiger charge is -2.08. The van der Waals surface area contributed by atoms with Crippen LogP contribution in [0, 0.1) is 13.8 Å². The van der Waals surface area contributed by atoms with Crippen LogP contribution < -0.4 is 16.0 Å². The average Bonchev–Trinajstić information content (AvgIpc) is 3.04. The van der Waals surface area contributed by atoms with Gasteiger partial charge in [-0.25, -0.2) is 9.78 Å². The minimum atomic E-state index is -0.402. The van der Waals surface area contributed by atoms with Crippen LogP contribution in [0.2, 0.25) is 0 Å². The normalized spacial score (nSPS) is 10.4. The van der Waals surface area contributed by atoms with Gasteiger partial charge in [0.2, 0.25) is 0 Å². The highest BCUT2D eigenvalue weighted by molar-refractivity contribution is 7.17. The highest BCUT2D eigenvalue weighted by Crippen LogP contribution is 2.25. The van der Waals surface area contributed by atoms with Gasteiger partial charge in [0.25, 0.3) is 5.91 Å². The third-order valence-electron chi connectivity index (χ3n) is 4.18. The van der Waals surface area contributed by atoms with Gasteiger partial charge in [0.15, 0.2) is 5.13 Å². The Hall–Kier alpha value is -3.19. The van der Waals surface area contributed by atoms with E-state index in [-0.39, 0.29) is 5.91 Å². The van der Waals surface area contributed by atoms with Crippen molar-refractivity contribution in [2.24, 2.45) is 0 Å². The van der Waals surface area contributed by atoms with E-state index in [4.69, 9.17) is 0 Å². The molecule has 1 aromatic heterocycles. The van der Waals surface area contributed by atoms with E-state index in [2.05, 4.69) is 20.9 Å². The van der Waals surface area contributed by atoms with Gasteiger partial charge in [-0.3, -0.25) is 10.1 Å². The van der Waals surface area contributed by atoms with E-state index >= 15 is 0 Å². The Bertz CT molecular complexity index is 996. The summed E-state index contributed by atoms with van der Waals surface area (Å²) in [5, 5.41) is 8.74. The summed E-state index contributed by atoms with van der Waals surface area (Å²) in [6.45, 7) is 5.77. The molecule has 0 saturated carbocycles. The summed E-state index contributed by atoms with van der Waals surface area (Å²) < 4.78 is 0. The number of carbonyl (C=O) groups excluding carboxylic acids is 2. The molecule has 0 bridgehead atoms. The first-order valence-corrected chi connectivity index (χ1v) is 9.79. The SMILES string of the molecule is CCc1ccccc1NC(=O)c1sc(NC(=O)Nc2ccc(C)cc2)nc1C. The van der Waals surface area contributed by atoms with Gasteiger partial charge >= 0.3 is 6.03 Å². The molecule has 0 atom stereocenters. The van der Waals surface area contributed by atoms with E-state index in [0.29, 0.717) is 21.4 Å². The highest BCUT2D eigenvalue weighted by Gasteiger charge is 2.17. The van der Waals surface area contributed by atoms with Crippen molar-refractivity contribution in [3.63, 3.8) is 0 Å². The number of urea groups is 1. The van der Waals surface area contributed by atoms with Gasteiger partial charge in [0.1, 0.15) is 4.88 Å². The number of hydrogen-bond acceptors (Lipinski definition) is 4. The Morgan fingerprint density at radius 2 is 1.68 bits per heavy atom. The smallest absolute Gasteiger partial charge is 0.321 e. The molecule has 3 aromatic rings. The zero-order valence-corrected chi connectivity index (χ0v) is 16.8. The lowest BCUT2D eigenvalue weighted by atomic mass is 10.1. The zero-order chi connectivity index (χ0) is 20.1. The molecule has 2 aromatic carbocycles. The predicted octanol–water partition coefficient (Wildman–Crippen LogP) is 5.22. The molecule has 28 heavy (non-hydrogen) atoms. The third kappa shape index (κ3) is 4.75. The summed E-state index contributed by atoms with van der Waals surface area (Å²) in [7, 11) is 0. The van der Waals surface area contributed by atoms with Gasteiger partial charge in [0.05, 0.1) is 5.69 Å². The molecule has 0 saturated heterocycles. The molecular weight excluding hydrogens is 372 g/mol. The lowest BCUT2D eigenvalue weighted by molar-refractivity contribution is 0.102. The second kappa shape index (κ2) is 8.67. The number of hydrogen-bond donors (Lipinski definition) is 3. The highest BCUT2D eigenvalue weighted by atomic mass is 32.1. The summed E-state index contributed by atoms with van der Waals surface area (Å²) in [6.07, 6.45) is 0.824. The number of amides is 3. The second-order valence-electron chi connectivity index (χ2n) is 6.34. The van der Waals surface area contributed by atoms with Crippen molar-refractivity contribution in [3.05, 3.63) is 70.2 Å². The van der Waals surface area contributed by atoms with Crippen molar-refractivity contribution >= 4 is 39.8 Å². The van der Waals surface area contributed by atoms with Gasteiger partial charge in [0, 0.05) is 11.4 Å². The van der Waals surface area contributed by atoms with Crippen LogP contribution >= 0.6 is 11.3 Å². The van der Waals surface area contributed by atoms with Crippen molar-refractivity contribution in [1.29, 1.82) is 0 Å². The molecule has 0 aliphatic rings. The van der Waals surface area contributed by atoms with Crippen molar-refractivity contribution in [2.45, 2.75) is 27.2 Å². The van der Waals surface area contributed by atoms with Crippen molar-refractivity contribution < 1.29 is 9.59 Å². The van der Waals surface area contributed by atoms with E-state index in [1.807, 2.05) is 62.4 Å². The number of aromatic nitrogens is 1. The Labute approximate surface area is 168 Å². The summed E-state index contributed by atoms with van der Waals surface area (Å²) >= 11 is 1.15. The number of anilines is 3. The quantitative estimate of drug-likeness (QED) is 0.555. The summed E-state index contributed by atoms with van der Waals surface area (Å²) in [4.78, 5) is 29.6. The van der Waals surface area contributed by atoms with Crippen LogP contribution in [0.25, 0.3) is 0 Å². The minimum Gasteiger partial charge on any atom is -0.321 e. The Kier molecular flexibility index (Phi) is 6.06. The van der Waals surface area contributed by atoms with E-state index in [1.165, 1.54) is 0 Å². The molecule has 0 aliphatic heterocycles. The molecule has 6 nitrogen and oxygen atoms in total. The van der Waals surface area contributed by atoms with Crippen LogP contribution in [0.1, 0.15) is 33.4 Å². The van der Waals surface area contributed by atoms with E-state index in [1.54, 1.807) is 6.92 Å². The van der Waals surface area contributed by atoms with Crippen LogP contribution in [0.15, 0.2) is 48.5 Å². The number of carbonyl (C=O) groups is 2. The molecule has 0 fully saturated rings. The first kappa shape index (κ1) is 19.6. The topological polar surface area (TPSA) is 83.1 Å². The van der Waals surface area contributed by atoms with Crippen LogP contribution in [0.4, 0.5) is 21.3 Å². The standard InChI is InChI=1S/C21H22N4O2S/c1-4-15-7-5-6-8-17(15)24-19(26)18-14(3)22-21(28-18)25-20(27)23-16-11-9-13(2)10-12-16/h5-12H,4H2,1-3H3,(H,24,26)(H2,22,23,25,27). The summed E-state index contributed by atoms with van der Waals surface area (Å²) in [6, 6.07) is 14.8. The maximum Gasteiger partial charge on any atom is 0.325 e. The maximum absolute atomic E-state index is 12.7. The van der Waals surface area contributed by atoms with Crippen molar-refractivity contribution in [2.75, 3.05) is 16.0 Å². The van der Waals surface area contributed by atoms with Crippen LogP contribution in [0.3, 0.4) is 0 Å². The molecule has 144 valence electrons. The fourth-order valence-electron chi connectivity index (χ4n) is 2.69. The first-order valence-electron chi connectivity index (χ1n) is 8.97. The molecule has 0 aliphatic carbocycles. The number of para-hydroxylation sites is 1. The molecular formula is C21H22N4O2S. The number of benzene rings is 2. The van der Waals surface area contributed by atoms with Gasteiger partial charge < -0.3 is 10.6 Å². The lowest BCUT2D eigenvalue weighted by Crippen LogP contribution is -2.19. The maximum atomic E-state index is 12.7. The van der Waals surface area contributed by atoms with Gasteiger partial charge in [-0.15, -0.1) is 0 Å². The summed E-state index contributed by atoms with van der Waals surface area (Å²) in [5.74, 6) is -0.233. The molecule has 3 amide bonds. The predicted molar refractivity (Wildman–Crippen MR) is 114 cm³/mol. The molecule has 3 rings (SSSR count). The number of thiazole rings is 1. The van der Waals surface area contributed by atoms with Crippen LogP contribution in [0.5, 0.6) is 0 Å². The van der Waals surface area contributed by atoms with Crippen molar-refractivity contribution in [1.82, 2.24) is 4.98 Å². The van der Waals surface area contributed by atoms with Crippen molar-refractivity contribution in [3.8, 4) is 0 Å². The first-order chi connectivity index (χ1) is 13.5. The van der Waals surface area contributed by atoms with E-state index in [9.17, 15) is 9.59 Å². The molecule has 0 unspecified atom stereocenters. The number of nitrogens with one attached hydrogen (secondary N) is 3. The minimum absolute atomic E-state index is 0.233. The van der Waals surface area contributed by atoms with Gasteiger partial charge in [-0.1, -0.05) is 54.2 Å². The monoisotopic (exact) mass is 394 g/mol. The molecule has 7 heteroatoms. The molecule has 3 N–H and O–H groups in total. The third-order valence-corrected chi connectivity index (χ3v) is 5.25. The zero-order valence-electron chi connectivity index (χ0n) is 16.0. The Balaban J connectivity index is 1.67. The Morgan fingerprint density at radius 1 is 0.964 bits per heavy atom. The second-order valence-corrected chi connectivity index (χ2v) is 7.34. The number of nitrogens with zero attached hydrogens (tertiary/aromatic N) is 1. The van der Waals surface area contributed by atoms with E-state index in [0.717, 1.165) is 34.6 Å². The fourth-order valence-corrected chi connectivity index (χ4v) is 3.54. The Morgan fingerprint density at radius 3 is 2.39 bits per heavy atom. The molecule has 1 heterocycles. The van der Waals surface area contributed by atoms with Gasteiger partial charge in [-0.2, -0.15) is 0 Å². The van der Waals surface area contributed by atoms with Crippen LogP contribution in [-0.2, 0) is 6.42 Å². The van der Waals surface area contributed by atoms with Gasteiger partial charge in [-0.05, 0) is 44.0 Å².